The summed E-state index contributed by atoms with van der Waals surface area (Å²) in [6.45, 7) is 0. The lowest BCUT2D eigenvalue weighted by Crippen LogP contribution is -2.57. The summed E-state index contributed by atoms with van der Waals surface area (Å²) in [5, 5.41) is 8.97. The van der Waals surface area contributed by atoms with E-state index >= 15 is 0 Å². The van der Waals surface area contributed by atoms with Crippen molar-refractivity contribution in [2.45, 2.75) is 75.5 Å². The number of carbonyl (C=O) groups excluding carboxylic acids is 3. The van der Waals surface area contributed by atoms with Crippen LogP contribution in [0.3, 0.4) is 0 Å². The largest absolute Gasteiger partial charge is 0.457 e. The SMILES string of the molecule is NC1Cc2cccc(c2)Oc2cccc(c2)C[C@@H](C(=O)NC2CCCC2)NC(=O)[C@H](CCc2ccccc2)NC1=O. The Bertz CT molecular complexity index is 1360. The average molecular weight is 555 g/mol. The Morgan fingerprint density at radius 2 is 1.49 bits per heavy atom. The maximum Gasteiger partial charge on any atom is 0.243 e. The van der Waals surface area contributed by atoms with Crippen LogP contribution in [0.25, 0.3) is 0 Å². The molecule has 1 aliphatic heterocycles. The smallest absolute Gasteiger partial charge is 0.243 e. The van der Waals surface area contributed by atoms with E-state index in [1.165, 1.54) is 0 Å². The predicted octanol–water partition coefficient (Wildman–Crippen LogP) is 3.57. The van der Waals surface area contributed by atoms with Crippen LogP contribution in [0.15, 0.2) is 78.9 Å². The highest BCUT2D eigenvalue weighted by Crippen LogP contribution is 2.25. The summed E-state index contributed by atoms with van der Waals surface area (Å²) in [7, 11) is 0. The molecule has 8 heteroatoms. The number of hydrogen-bond acceptors (Lipinski definition) is 5. The summed E-state index contributed by atoms with van der Waals surface area (Å²) < 4.78 is 6.11. The molecule has 2 aliphatic rings. The zero-order valence-electron chi connectivity index (χ0n) is 23.2. The summed E-state index contributed by atoms with van der Waals surface area (Å²) in [6, 6.07) is 22.4. The normalized spacial score (nSPS) is 21.8. The molecule has 1 fully saturated rings. The molecule has 214 valence electrons. The molecule has 4 bridgehead atoms. The summed E-state index contributed by atoms with van der Waals surface area (Å²) in [5.74, 6) is 0.193. The lowest BCUT2D eigenvalue weighted by Gasteiger charge is -2.26. The molecule has 0 aromatic heterocycles. The molecule has 0 saturated heterocycles. The number of amides is 3. The Labute approximate surface area is 241 Å². The third kappa shape index (κ3) is 7.95. The van der Waals surface area contributed by atoms with Gasteiger partial charge in [-0.25, -0.2) is 0 Å². The van der Waals surface area contributed by atoms with Gasteiger partial charge in [-0.3, -0.25) is 14.4 Å². The van der Waals surface area contributed by atoms with Crippen molar-refractivity contribution < 1.29 is 19.1 Å². The maximum atomic E-state index is 13.7. The number of carbonyl (C=O) groups is 3. The zero-order valence-corrected chi connectivity index (χ0v) is 23.2. The molecule has 8 nitrogen and oxygen atoms in total. The van der Waals surface area contributed by atoms with E-state index in [2.05, 4.69) is 16.0 Å². The molecule has 1 heterocycles. The molecule has 5 N–H and O–H groups in total. The molecule has 1 aliphatic carbocycles. The number of aryl methyl sites for hydroxylation is 1. The number of hydrogen-bond donors (Lipinski definition) is 4. The minimum atomic E-state index is -0.866. The van der Waals surface area contributed by atoms with E-state index in [1.54, 1.807) is 0 Å². The Kier molecular flexibility index (Phi) is 9.31. The number of rotatable bonds is 5. The van der Waals surface area contributed by atoms with Crippen LogP contribution in [0.1, 0.15) is 48.8 Å². The van der Waals surface area contributed by atoms with Gasteiger partial charge in [0.25, 0.3) is 0 Å². The van der Waals surface area contributed by atoms with E-state index in [0.29, 0.717) is 24.3 Å². The van der Waals surface area contributed by atoms with Gasteiger partial charge in [0.1, 0.15) is 23.6 Å². The topological polar surface area (TPSA) is 123 Å². The number of benzene rings is 3. The molecule has 3 aromatic carbocycles. The summed E-state index contributed by atoms with van der Waals surface area (Å²) in [4.78, 5) is 40.4. The third-order valence-corrected chi connectivity index (χ3v) is 7.80. The van der Waals surface area contributed by atoms with E-state index in [1.807, 2.05) is 78.9 Å². The van der Waals surface area contributed by atoms with Gasteiger partial charge in [-0.05, 0) is 73.1 Å². The van der Waals surface area contributed by atoms with Crippen molar-refractivity contribution >= 4 is 17.7 Å². The second-order valence-electron chi connectivity index (χ2n) is 11.0. The average Bonchev–Trinajstić information content (AvgIpc) is 3.48. The standard InChI is InChI=1S/C33H38N4O4/c34-28-20-23-10-6-14-26(18-23)41-27-15-7-11-24(19-27)21-30(33(40)35-25-12-4-5-13-25)37-32(39)29(36-31(28)38)17-16-22-8-2-1-3-9-22/h1-3,6-11,14-15,18-19,25,28-30H,4-5,12-13,16-17,20-21,34H2,(H,35,40)(H,36,38)(H,37,39)/t28?,29-,30-/m0/s1. The van der Waals surface area contributed by atoms with Crippen molar-refractivity contribution in [3.05, 3.63) is 95.6 Å². The van der Waals surface area contributed by atoms with Crippen molar-refractivity contribution in [1.82, 2.24) is 16.0 Å². The summed E-state index contributed by atoms with van der Waals surface area (Å²) >= 11 is 0. The van der Waals surface area contributed by atoms with Crippen LogP contribution in [0.4, 0.5) is 0 Å². The van der Waals surface area contributed by atoms with Gasteiger partial charge in [0, 0.05) is 12.5 Å². The van der Waals surface area contributed by atoms with Gasteiger partial charge in [-0.15, -0.1) is 0 Å². The molecular formula is C33H38N4O4. The Hall–Kier alpha value is -4.17. The number of fused-ring (bicyclic) bond motifs is 4. The van der Waals surface area contributed by atoms with Crippen LogP contribution in [-0.4, -0.2) is 41.9 Å². The predicted molar refractivity (Wildman–Crippen MR) is 157 cm³/mol. The van der Waals surface area contributed by atoms with Gasteiger partial charge in [0.2, 0.25) is 17.7 Å². The molecule has 3 amide bonds. The van der Waals surface area contributed by atoms with Crippen molar-refractivity contribution in [2.24, 2.45) is 5.73 Å². The van der Waals surface area contributed by atoms with Gasteiger partial charge in [-0.1, -0.05) is 67.4 Å². The van der Waals surface area contributed by atoms with Gasteiger partial charge in [0.05, 0.1) is 6.04 Å². The van der Waals surface area contributed by atoms with Crippen molar-refractivity contribution in [2.75, 3.05) is 0 Å². The highest BCUT2D eigenvalue weighted by Gasteiger charge is 2.30. The first kappa shape index (κ1) is 28.4. The highest BCUT2D eigenvalue weighted by atomic mass is 16.5. The number of nitrogens with two attached hydrogens (primary N) is 1. The van der Waals surface area contributed by atoms with E-state index in [9.17, 15) is 14.4 Å². The summed E-state index contributed by atoms with van der Waals surface area (Å²) in [6.07, 6.45) is 5.53. The van der Waals surface area contributed by atoms with Crippen molar-refractivity contribution in [1.29, 1.82) is 0 Å². The minimum Gasteiger partial charge on any atom is -0.457 e. The van der Waals surface area contributed by atoms with Gasteiger partial charge >= 0.3 is 0 Å². The van der Waals surface area contributed by atoms with Crippen LogP contribution >= 0.6 is 0 Å². The minimum absolute atomic E-state index is 0.105. The number of nitrogens with one attached hydrogen (secondary N) is 3. The molecular weight excluding hydrogens is 516 g/mol. The molecule has 1 unspecified atom stereocenters. The van der Waals surface area contributed by atoms with Crippen LogP contribution < -0.4 is 26.4 Å². The number of ether oxygens (including phenoxy) is 1. The fraction of sp³-hybridized carbons (Fsp3) is 0.364. The molecule has 41 heavy (non-hydrogen) atoms. The molecule has 0 radical (unpaired) electrons. The van der Waals surface area contributed by atoms with E-state index in [-0.39, 0.29) is 24.8 Å². The monoisotopic (exact) mass is 554 g/mol. The van der Waals surface area contributed by atoms with Gasteiger partial charge in [-0.2, -0.15) is 0 Å². The van der Waals surface area contributed by atoms with Crippen molar-refractivity contribution in [3.8, 4) is 11.5 Å². The Balaban J connectivity index is 1.45. The van der Waals surface area contributed by atoms with Crippen molar-refractivity contribution in [3.63, 3.8) is 0 Å². The van der Waals surface area contributed by atoms with E-state index in [0.717, 1.165) is 42.4 Å². The lowest BCUT2D eigenvalue weighted by atomic mass is 10.0. The first-order valence-electron chi connectivity index (χ1n) is 14.5. The Morgan fingerprint density at radius 1 is 0.829 bits per heavy atom. The van der Waals surface area contributed by atoms with Crippen LogP contribution in [0, 0.1) is 0 Å². The molecule has 3 aromatic rings. The van der Waals surface area contributed by atoms with Gasteiger partial charge in [0.15, 0.2) is 0 Å². The molecule has 5 rings (SSSR count). The summed E-state index contributed by atoms with van der Waals surface area (Å²) in [5.41, 5.74) is 9.06. The first-order chi connectivity index (χ1) is 19.9. The van der Waals surface area contributed by atoms with Gasteiger partial charge < -0.3 is 26.4 Å². The van der Waals surface area contributed by atoms with E-state index < -0.39 is 29.9 Å². The fourth-order valence-corrected chi connectivity index (χ4v) is 5.55. The quantitative estimate of drug-likeness (QED) is 0.384. The molecule has 1 saturated carbocycles. The highest BCUT2D eigenvalue weighted by molar-refractivity contribution is 5.93. The maximum absolute atomic E-state index is 13.7. The fourth-order valence-electron chi connectivity index (χ4n) is 5.55. The van der Waals surface area contributed by atoms with Crippen LogP contribution in [0.2, 0.25) is 0 Å². The lowest BCUT2D eigenvalue weighted by molar-refractivity contribution is -0.132. The second-order valence-corrected chi connectivity index (χ2v) is 11.0. The third-order valence-electron chi connectivity index (χ3n) is 7.80. The molecule has 3 atom stereocenters. The van der Waals surface area contributed by atoms with Crippen LogP contribution in [-0.2, 0) is 33.6 Å². The first-order valence-corrected chi connectivity index (χ1v) is 14.5. The Morgan fingerprint density at radius 3 is 2.17 bits per heavy atom. The molecule has 0 spiro atoms. The van der Waals surface area contributed by atoms with Crippen LogP contribution in [0.5, 0.6) is 11.5 Å². The second kappa shape index (κ2) is 13.5. The van der Waals surface area contributed by atoms with E-state index in [4.69, 9.17) is 10.5 Å². The zero-order chi connectivity index (χ0) is 28.6.